The third-order valence-electron chi connectivity index (χ3n) is 6.26. The van der Waals surface area contributed by atoms with Crippen LogP contribution in [-0.4, -0.2) is 31.7 Å². The van der Waals surface area contributed by atoms with Crippen LogP contribution in [0.15, 0.2) is 66.7 Å². The molecule has 0 radical (unpaired) electrons. The molecule has 0 unspecified atom stereocenters. The summed E-state index contributed by atoms with van der Waals surface area (Å²) in [5, 5.41) is 3.64. The van der Waals surface area contributed by atoms with Crippen LogP contribution in [-0.2, 0) is 33.7 Å². The Morgan fingerprint density at radius 2 is 1.54 bits per heavy atom. The second-order valence-corrected chi connectivity index (χ2v) is 11.7. The van der Waals surface area contributed by atoms with Gasteiger partial charge < -0.3 is 10.1 Å². The van der Waals surface area contributed by atoms with Crippen molar-refractivity contribution in [2.45, 2.75) is 31.7 Å². The van der Waals surface area contributed by atoms with Crippen LogP contribution in [0.25, 0.3) is 0 Å². The highest BCUT2D eigenvalue weighted by Crippen LogP contribution is 2.26. The highest BCUT2D eigenvalue weighted by molar-refractivity contribution is 7.88. The predicted molar refractivity (Wildman–Crippen MR) is 142 cm³/mol. The van der Waals surface area contributed by atoms with Gasteiger partial charge in [0.2, 0.25) is 15.9 Å². The molecule has 196 valence electrons. The number of benzene rings is 3. The molecular weight excluding hydrogens is 538 g/mol. The molecular formula is C27H27Cl2FN2O4S. The van der Waals surface area contributed by atoms with E-state index in [1.54, 1.807) is 30.3 Å². The van der Waals surface area contributed by atoms with E-state index in [0.717, 1.165) is 11.1 Å². The summed E-state index contributed by atoms with van der Waals surface area (Å²) in [6.07, 6.45) is 0.922. The van der Waals surface area contributed by atoms with Crippen molar-refractivity contribution in [3.63, 3.8) is 0 Å². The maximum absolute atomic E-state index is 13.0. The van der Waals surface area contributed by atoms with Gasteiger partial charge in [-0.2, -0.15) is 0 Å². The number of nitrogens with zero attached hydrogens (tertiary/aromatic N) is 1. The summed E-state index contributed by atoms with van der Waals surface area (Å²) in [6.45, 7) is 1.29. The number of carbonyl (C=O) groups is 1. The van der Waals surface area contributed by atoms with E-state index in [-0.39, 0.29) is 23.4 Å². The molecule has 1 N–H and O–H groups in total. The van der Waals surface area contributed by atoms with Gasteiger partial charge in [-0.15, -0.1) is 0 Å². The molecule has 3 aromatic carbocycles. The lowest BCUT2D eigenvalue weighted by molar-refractivity contribution is -0.126. The van der Waals surface area contributed by atoms with Gasteiger partial charge in [-0.1, -0.05) is 53.5 Å². The van der Waals surface area contributed by atoms with Crippen LogP contribution in [0.2, 0.25) is 10.0 Å². The number of amides is 1. The van der Waals surface area contributed by atoms with Crippen LogP contribution in [0.1, 0.15) is 29.5 Å². The zero-order chi connectivity index (χ0) is 26.4. The van der Waals surface area contributed by atoms with Crippen molar-refractivity contribution >= 4 is 39.1 Å². The van der Waals surface area contributed by atoms with Gasteiger partial charge in [0.05, 0.1) is 15.8 Å². The third kappa shape index (κ3) is 7.68. The van der Waals surface area contributed by atoms with E-state index in [1.165, 1.54) is 16.4 Å². The van der Waals surface area contributed by atoms with E-state index in [9.17, 15) is 17.6 Å². The van der Waals surface area contributed by atoms with Crippen LogP contribution in [0.4, 0.5) is 4.39 Å². The molecule has 10 heteroatoms. The zero-order valence-electron chi connectivity index (χ0n) is 20.0. The Morgan fingerprint density at radius 1 is 0.919 bits per heavy atom. The first-order valence-corrected chi connectivity index (χ1v) is 14.2. The SMILES string of the molecule is O=C(NCc1ccc(OCc2ccc(F)cc2)cc1)C1CCN(S(=O)(=O)Cc2ccc(Cl)c(Cl)c2)CC1. The Morgan fingerprint density at radius 3 is 2.19 bits per heavy atom. The molecule has 1 amide bonds. The molecule has 1 saturated heterocycles. The summed E-state index contributed by atoms with van der Waals surface area (Å²) in [4.78, 5) is 12.7. The highest BCUT2D eigenvalue weighted by Gasteiger charge is 2.31. The number of sulfonamides is 1. The maximum Gasteiger partial charge on any atom is 0.223 e. The number of hydrogen-bond donors (Lipinski definition) is 1. The summed E-state index contributed by atoms with van der Waals surface area (Å²) in [5.41, 5.74) is 2.36. The number of hydrogen-bond acceptors (Lipinski definition) is 4. The number of piperidine rings is 1. The second kappa shape index (κ2) is 12.3. The average Bonchev–Trinajstić information content (AvgIpc) is 2.89. The molecule has 3 aromatic rings. The lowest BCUT2D eigenvalue weighted by Crippen LogP contribution is -2.43. The summed E-state index contributed by atoms with van der Waals surface area (Å²) < 4.78 is 45.8. The molecule has 1 aliphatic rings. The molecule has 4 rings (SSSR count). The Bertz CT molecular complexity index is 1330. The molecule has 0 spiro atoms. The lowest BCUT2D eigenvalue weighted by atomic mass is 9.97. The van der Waals surface area contributed by atoms with E-state index < -0.39 is 10.0 Å². The largest absolute Gasteiger partial charge is 0.489 e. The number of ether oxygens (including phenoxy) is 1. The van der Waals surface area contributed by atoms with Crippen molar-refractivity contribution < 1.29 is 22.3 Å². The fourth-order valence-corrected chi connectivity index (χ4v) is 5.98. The Hall–Kier alpha value is -2.65. The number of carbonyl (C=O) groups excluding carboxylic acids is 1. The summed E-state index contributed by atoms with van der Waals surface area (Å²) in [6, 6.07) is 18.3. The molecule has 0 saturated carbocycles. The Kier molecular flexibility index (Phi) is 9.08. The number of rotatable bonds is 9. The van der Waals surface area contributed by atoms with Gasteiger partial charge in [-0.05, 0) is 65.9 Å². The topological polar surface area (TPSA) is 75.7 Å². The van der Waals surface area contributed by atoms with E-state index in [4.69, 9.17) is 27.9 Å². The highest BCUT2D eigenvalue weighted by atomic mass is 35.5. The first-order valence-electron chi connectivity index (χ1n) is 11.9. The summed E-state index contributed by atoms with van der Waals surface area (Å²) >= 11 is 11.9. The van der Waals surface area contributed by atoms with Crippen LogP contribution >= 0.6 is 23.2 Å². The molecule has 1 heterocycles. The van der Waals surface area contributed by atoms with Crippen LogP contribution in [0.5, 0.6) is 5.75 Å². The van der Waals surface area contributed by atoms with Crippen LogP contribution < -0.4 is 10.1 Å². The van der Waals surface area contributed by atoms with Gasteiger partial charge in [0.25, 0.3) is 0 Å². The zero-order valence-corrected chi connectivity index (χ0v) is 22.3. The first-order chi connectivity index (χ1) is 17.7. The van der Waals surface area contributed by atoms with Crippen LogP contribution in [0.3, 0.4) is 0 Å². The molecule has 0 aromatic heterocycles. The normalized spacial score (nSPS) is 14.9. The Labute approximate surface area is 226 Å². The number of halogens is 3. The molecule has 6 nitrogen and oxygen atoms in total. The predicted octanol–water partition coefficient (Wildman–Crippen LogP) is 5.57. The monoisotopic (exact) mass is 564 g/mol. The number of nitrogens with one attached hydrogen (secondary N) is 1. The Balaban J connectivity index is 1.21. The van der Waals surface area contributed by atoms with Gasteiger partial charge in [0, 0.05) is 25.6 Å². The van der Waals surface area contributed by atoms with Gasteiger partial charge in [0.15, 0.2) is 0 Å². The fourth-order valence-electron chi connectivity index (χ4n) is 4.11. The van der Waals surface area contributed by atoms with Gasteiger partial charge >= 0.3 is 0 Å². The first kappa shape index (κ1) is 27.4. The van der Waals surface area contributed by atoms with Crippen molar-refractivity contribution in [1.29, 1.82) is 0 Å². The fraction of sp³-hybridized carbons (Fsp3) is 0.296. The van der Waals surface area contributed by atoms with E-state index in [0.29, 0.717) is 60.4 Å². The molecule has 0 bridgehead atoms. The van der Waals surface area contributed by atoms with E-state index in [2.05, 4.69) is 5.32 Å². The maximum atomic E-state index is 13.0. The smallest absolute Gasteiger partial charge is 0.223 e. The van der Waals surface area contributed by atoms with E-state index in [1.807, 2.05) is 24.3 Å². The molecule has 0 atom stereocenters. The van der Waals surface area contributed by atoms with Crippen molar-refractivity contribution in [1.82, 2.24) is 9.62 Å². The van der Waals surface area contributed by atoms with Gasteiger partial charge in [0.1, 0.15) is 18.2 Å². The van der Waals surface area contributed by atoms with E-state index >= 15 is 0 Å². The van der Waals surface area contributed by atoms with Crippen LogP contribution in [0, 0.1) is 11.7 Å². The van der Waals surface area contributed by atoms with Gasteiger partial charge in [-0.25, -0.2) is 17.1 Å². The van der Waals surface area contributed by atoms with Crippen molar-refractivity contribution in [3.8, 4) is 5.75 Å². The molecule has 1 fully saturated rings. The molecule has 1 aliphatic heterocycles. The molecule has 0 aliphatic carbocycles. The average molecular weight is 565 g/mol. The second-order valence-electron chi connectivity index (χ2n) is 8.95. The minimum atomic E-state index is -3.53. The summed E-state index contributed by atoms with van der Waals surface area (Å²) in [5.74, 6) is -0.0999. The summed E-state index contributed by atoms with van der Waals surface area (Å²) in [7, 11) is -3.53. The van der Waals surface area contributed by atoms with Crippen molar-refractivity contribution in [3.05, 3.63) is 99.3 Å². The quantitative estimate of drug-likeness (QED) is 0.368. The van der Waals surface area contributed by atoms with Gasteiger partial charge in [-0.3, -0.25) is 4.79 Å². The minimum absolute atomic E-state index is 0.0850. The van der Waals surface area contributed by atoms with Crippen molar-refractivity contribution in [2.24, 2.45) is 5.92 Å². The van der Waals surface area contributed by atoms with Crippen molar-refractivity contribution in [2.75, 3.05) is 13.1 Å². The molecule has 37 heavy (non-hydrogen) atoms. The minimum Gasteiger partial charge on any atom is -0.489 e. The third-order valence-corrected chi connectivity index (χ3v) is 8.85. The lowest BCUT2D eigenvalue weighted by Gasteiger charge is -2.30. The standard InChI is InChI=1S/C27H27Cl2FN2O4S/c28-25-10-5-21(15-26(25)29)18-37(34,35)32-13-11-22(12-14-32)27(33)31-16-19-3-8-24(9-4-19)36-17-20-1-6-23(30)7-2-20/h1-10,15,22H,11-14,16-18H2,(H,31,33).